The summed E-state index contributed by atoms with van der Waals surface area (Å²) in [4.78, 5) is 30.1. The van der Waals surface area contributed by atoms with E-state index in [9.17, 15) is 14.7 Å². The number of ether oxygens (including phenoxy) is 1. The zero-order chi connectivity index (χ0) is 17.8. The molecule has 0 radical (unpaired) electrons. The Labute approximate surface area is 146 Å². The molecule has 25 heavy (non-hydrogen) atoms. The summed E-state index contributed by atoms with van der Waals surface area (Å²) in [6.45, 7) is 0.459. The number of pyridine rings is 1. The third-order valence-corrected chi connectivity index (χ3v) is 4.44. The lowest BCUT2D eigenvalue weighted by Crippen LogP contribution is -2.47. The van der Waals surface area contributed by atoms with Crippen molar-refractivity contribution in [2.75, 3.05) is 13.7 Å². The Morgan fingerprint density at radius 1 is 1.24 bits per heavy atom. The third kappa shape index (κ3) is 3.47. The highest BCUT2D eigenvalue weighted by molar-refractivity contribution is 5.98. The van der Waals surface area contributed by atoms with Gasteiger partial charge in [0.15, 0.2) is 0 Å². The number of piperidine rings is 1. The highest BCUT2D eigenvalue weighted by atomic mass is 16.5. The number of carboxylic acids is 1. The molecule has 0 bridgehead atoms. The van der Waals surface area contributed by atoms with E-state index in [1.807, 2.05) is 18.2 Å². The SMILES string of the molecule is COc1ccc(C(=O)N2CCCC[C@@H]2C(=O)O)cc1-c1ccccn1. The molecule has 6 heteroatoms. The van der Waals surface area contributed by atoms with E-state index < -0.39 is 12.0 Å². The summed E-state index contributed by atoms with van der Waals surface area (Å²) >= 11 is 0. The number of carbonyl (C=O) groups excluding carboxylic acids is 1. The van der Waals surface area contributed by atoms with Gasteiger partial charge in [-0.1, -0.05) is 6.07 Å². The Morgan fingerprint density at radius 3 is 2.76 bits per heavy atom. The van der Waals surface area contributed by atoms with Crippen LogP contribution in [-0.4, -0.2) is 46.6 Å². The summed E-state index contributed by atoms with van der Waals surface area (Å²) < 4.78 is 5.38. The Kier molecular flexibility index (Phi) is 4.97. The number of carbonyl (C=O) groups is 2. The molecule has 1 amide bonds. The predicted octanol–water partition coefficient (Wildman–Crippen LogP) is 2.84. The molecule has 1 atom stereocenters. The Hall–Kier alpha value is -2.89. The van der Waals surface area contributed by atoms with Gasteiger partial charge in [-0.05, 0) is 49.6 Å². The molecule has 2 aromatic rings. The summed E-state index contributed by atoms with van der Waals surface area (Å²) in [5, 5.41) is 9.40. The molecule has 1 fully saturated rings. The molecule has 1 aliphatic rings. The smallest absolute Gasteiger partial charge is 0.326 e. The number of rotatable bonds is 4. The van der Waals surface area contributed by atoms with Gasteiger partial charge < -0.3 is 14.7 Å². The summed E-state index contributed by atoms with van der Waals surface area (Å²) in [7, 11) is 1.56. The zero-order valence-electron chi connectivity index (χ0n) is 14.0. The maximum absolute atomic E-state index is 12.9. The van der Waals surface area contributed by atoms with E-state index in [-0.39, 0.29) is 5.91 Å². The minimum Gasteiger partial charge on any atom is -0.496 e. The molecule has 0 unspecified atom stereocenters. The number of amides is 1. The van der Waals surface area contributed by atoms with E-state index in [0.29, 0.717) is 35.5 Å². The number of carboxylic acid groups (broad SMARTS) is 1. The predicted molar refractivity (Wildman–Crippen MR) is 92.5 cm³/mol. The van der Waals surface area contributed by atoms with Crippen LogP contribution < -0.4 is 4.74 Å². The number of nitrogens with zero attached hydrogens (tertiary/aromatic N) is 2. The summed E-state index contributed by atoms with van der Waals surface area (Å²) in [6.07, 6.45) is 3.81. The molecule has 2 heterocycles. The van der Waals surface area contributed by atoms with Gasteiger partial charge in [0.05, 0.1) is 12.8 Å². The van der Waals surface area contributed by atoms with Crippen LogP contribution in [-0.2, 0) is 4.79 Å². The van der Waals surface area contributed by atoms with Crippen LogP contribution in [0.1, 0.15) is 29.6 Å². The average Bonchev–Trinajstić information content (AvgIpc) is 2.67. The Balaban J connectivity index is 1.97. The minimum absolute atomic E-state index is 0.271. The van der Waals surface area contributed by atoms with Crippen LogP contribution in [0.25, 0.3) is 11.3 Å². The molecule has 130 valence electrons. The van der Waals surface area contributed by atoms with E-state index in [2.05, 4.69) is 4.98 Å². The maximum atomic E-state index is 12.9. The van der Waals surface area contributed by atoms with Crippen LogP contribution in [0.2, 0.25) is 0 Å². The summed E-state index contributed by atoms with van der Waals surface area (Å²) in [5.41, 5.74) is 1.84. The highest BCUT2D eigenvalue weighted by Crippen LogP contribution is 2.30. The van der Waals surface area contributed by atoms with Crippen molar-refractivity contribution in [2.45, 2.75) is 25.3 Å². The van der Waals surface area contributed by atoms with Gasteiger partial charge in [0.2, 0.25) is 0 Å². The van der Waals surface area contributed by atoms with Gasteiger partial charge in [-0.3, -0.25) is 9.78 Å². The number of methoxy groups -OCH3 is 1. The fourth-order valence-electron chi connectivity index (χ4n) is 3.16. The topological polar surface area (TPSA) is 79.7 Å². The molecule has 0 aliphatic carbocycles. The lowest BCUT2D eigenvalue weighted by Gasteiger charge is -2.33. The van der Waals surface area contributed by atoms with Crippen molar-refractivity contribution < 1.29 is 19.4 Å². The first-order valence-corrected chi connectivity index (χ1v) is 8.25. The van der Waals surface area contributed by atoms with Gasteiger partial charge in [0, 0.05) is 23.9 Å². The zero-order valence-corrected chi connectivity index (χ0v) is 14.0. The van der Waals surface area contributed by atoms with Gasteiger partial charge in [-0.15, -0.1) is 0 Å². The summed E-state index contributed by atoms with van der Waals surface area (Å²) in [5.74, 6) is -0.609. The molecule has 1 N–H and O–H groups in total. The standard InChI is InChI=1S/C19H20N2O4/c1-25-17-9-8-13(12-14(17)15-6-2-4-10-20-15)18(22)21-11-5-3-7-16(21)19(23)24/h2,4,6,8-10,12,16H,3,5,7,11H2,1H3,(H,23,24)/t16-/m1/s1. The van der Waals surface area contributed by atoms with Crippen molar-refractivity contribution in [3.8, 4) is 17.0 Å². The van der Waals surface area contributed by atoms with Crippen molar-refractivity contribution in [3.05, 3.63) is 48.2 Å². The molecule has 1 aromatic heterocycles. The lowest BCUT2D eigenvalue weighted by atomic mass is 9.99. The molecule has 1 saturated heterocycles. The van der Waals surface area contributed by atoms with E-state index in [1.54, 1.807) is 31.5 Å². The van der Waals surface area contributed by atoms with Crippen molar-refractivity contribution in [1.29, 1.82) is 0 Å². The molecule has 3 rings (SSSR count). The van der Waals surface area contributed by atoms with Crippen LogP contribution in [0.15, 0.2) is 42.6 Å². The largest absolute Gasteiger partial charge is 0.496 e. The first-order chi connectivity index (χ1) is 12.1. The highest BCUT2D eigenvalue weighted by Gasteiger charge is 2.32. The first-order valence-electron chi connectivity index (χ1n) is 8.25. The van der Waals surface area contributed by atoms with Crippen LogP contribution in [0.5, 0.6) is 5.75 Å². The number of aromatic nitrogens is 1. The third-order valence-electron chi connectivity index (χ3n) is 4.44. The van der Waals surface area contributed by atoms with Gasteiger partial charge in [0.1, 0.15) is 11.8 Å². The first kappa shape index (κ1) is 17.0. The fourth-order valence-corrected chi connectivity index (χ4v) is 3.16. The number of hydrogen-bond acceptors (Lipinski definition) is 4. The Morgan fingerprint density at radius 2 is 2.08 bits per heavy atom. The molecule has 0 saturated carbocycles. The minimum atomic E-state index is -0.952. The van der Waals surface area contributed by atoms with Crippen LogP contribution >= 0.6 is 0 Å². The second-order valence-corrected chi connectivity index (χ2v) is 5.98. The maximum Gasteiger partial charge on any atom is 0.326 e. The second kappa shape index (κ2) is 7.34. The quantitative estimate of drug-likeness (QED) is 0.926. The van der Waals surface area contributed by atoms with E-state index in [0.717, 1.165) is 12.8 Å². The van der Waals surface area contributed by atoms with Crippen LogP contribution in [0.4, 0.5) is 0 Å². The van der Waals surface area contributed by atoms with E-state index in [1.165, 1.54) is 4.90 Å². The molecule has 6 nitrogen and oxygen atoms in total. The fraction of sp³-hybridized carbons (Fsp3) is 0.316. The molecular formula is C19H20N2O4. The van der Waals surface area contributed by atoms with Crippen molar-refractivity contribution in [3.63, 3.8) is 0 Å². The monoisotopic (exact) mass is 340 g/mol. The Bertz CT molecular complexity index is 776. The molecule has 0 spiro atoms. The second-order valence-electron chi connectivity index (χ2n) is 5.98. The normalized spacial score (nSPS) is 17.2. The molecule has 1 aliphatic heterocycles. The van der Waals surface area contributed by atoms with Gasteiger partial charge in [0.25, 0.3) is 5.91 Å². The van der Waals surface area contributed by atoms with E-state index >= 15 is 0 Å². The number of aliphatic carboxylic acids is 1. The van der Waals surface area contributed by atoms with E-state index in [4.69, 9.17) is 4.74 Å². The van der Waals surface area contributed by atoms with Crippen molar-refractivity contribution >= 4 is 11.9 Å². The van der Waals surface area contributed by atoms with Crippen molar-refractivity contribution in [1.82, 2.24) is 9.88 Å². The number of likely N-dealkylation sites (tertiary alicyclic amines) is 1. The van der Waals surface area contributed by atoms with Crippen LogP contribution in [0, 0.1) is 0 Å². The number of benzene rings is 1. The van der Waals surface area contributed by atoms with Gasteiger partial charge >= 0.3 is 5.97 Å². The number of hydrogen-bond donors (Lipinski definition) is 1. The van der Waals surface area contributed by atoms with Gasteiger partial charge in [-0.2, -0.15) is 0 Å². The average molecular weight is 340 g/mol. The lowest BCUT2D eigenvalue weighted by molar-refractivity contribution is -0.143. The molecule has 1 aromatic carbocycles. The summed E-state index contributed by atoms with van der Waals surface area (Å²) in [6, 6.07) is 9.86. The molecular weight excluding hydrogens is 320 g/mol. The van der Waals surface area contributed by atoms with Crippen LogP contribution in [0.3, 0.4) is 0 Å². The van der Waals surface area contributed by atoms with Gasteiger partial charge in [-0.25, -0.2) is 4.79 Å². The van der Waals surface area contributed by atoms with Crippen molar-refractivity contribution in [2.24, 2.45) is 0 Å².